The van der Waals surface area contributed by atoms with Crippen molar-refractivity contribution in [3.8, 4) is 0 Å². The van der Waals surface area contributed by atoms with Crippen LogP contribution in [0.5, 0.6) is 0 Å². The molecule has 0 N–H and O–H groups in total. The Morgan fingerprint density at radius 1 is 0.370 bits per heavy atom. The maximum Gasteiger partial charge on any atom is 0.256 e. The molecular weight excluding hydrogens is 556 g/mol. The van der Waals surface area contributed by atoms with Gasteiger partial charge in [0.25, 0.3) is 5.82 Å². The van der Waals surface area contributed by atoms with Crippen LogP contribution in [0.1, 0.15) is 251 Å². The lowest BCUT2D eigenvalue weighted by Gasteiger charge is -2.06. The molecule has 0 amide bonds. The van der Waals surface area contributed by atoms with Crippen molar-refractivity contribution in [2.45, 2.75) is 265 Å². The van der Waals surface area contributed by atoms with Crippen LogP contribution in [0.4, 0.5) is 0 Å². The van der Waals surface area contributed by atoms with Gasteiger partial charge in [0.15, 0.2) is 0 Å². The molecule has 0 aromatic carbocycles. The highest BCUT2D eigenvalue weighted by Gasteiger charge is 2.15. The Labute approximate surface area is 291 Å². The summed E-state index contributed by atoms with van der Waals surface area (Å²) in [5.41, 5.74) is 0. The molecule has 46 heavy (non-hydrogen) atoms. The number of unbranched alkanes of at least 4 members (excludes halogenated alkanes) is 32. The van der Waals surface area contributed by atoms with Gasteiger partial charge in [-0.25, -0.2) is 9.13 Å². The summed E-state index contributed by atoms with van der Waals surface area (Å²) < 4.78 is 5.17. The first-order chi connectivity index (χ1) is 22.8. The number of aromatic nitrogens is 2. The topological polar surface area (TPSA) is 8.81 Å². The van der Waals surface area contributed by atoms with Crippen molar-refractivity contribution in [3.63, 3.8) is 0 Å². The van der Waals surface area contributed by atoms with Crippen molar-refractivity contribution in [2.75, 3.05) is 0 Å². The maximum absolute atomic E-state index is 2.59. The lowest BCUT2D eigenvalue weighted by atomic mass is 10.0. The van der Waals surface area contributed by atoms with Crippen LogP contribution in [-0.4, -0.2) is 4.57 Å². The lowest BCUT2D eigenvalue weighted by Crippen LogP contribution is -2.37. The summed E-state index contributed by atoms with van der Waals surface area (Å²) in [4.78, 5) is 0. The van der Waals surface area contributed by atoms with Crippen LogP contribution in [0.25, 0.3) is 0 Å². The number of aryl methyl sites for hydroxylation is 2. The Balaban J connectivity index is 1.95. The van der Waals surface area contributed by atoms with Gasteiger partial charge in [-0.1, -0.05) is 213 Å². The average Bonchev–Trinajstić information content (AvgIpc) is 3.44. The number of rotatable bonds is 38. The summed E-state index contributed by atoms with van der Waals surface area (Å²) in [5, 5.41) is 0. The largest absolute Gasteiger partial charge is 0.256 e. The van der Waals surface area contributed by atoms with Gasteiger partial charge in [-0.2, -0.15) is 0 Å². The van der Waals surface area contributed by atoms with Crippen molar-refractivity contribution in [1.82, 2.24) is 4.57 Å². The summed E-state index contributed by atoms with van der Waals surface area (Å²) in [6.45, 7) is 9.40. The lowest BCUT2D eigenvalue weighted by molar-refractivity contribution is -0.704. The molecule has 2 nitrogen and oxygen atoms in total. The third kappa shape index (κ3) is 27.2. The molecule has 0 atom stereocenters. The highest BCUT2D eigenvalue weighted by Crippen LogP contribution is 2.16. The predicted molar refractivity (Wildman–Crippen MR) is 207 cm³/mol. The molecule has 1 aromatic rings. The Morgan fingerprint density at radius 2 is 0.674 bits per heavy atom. The molecule has 0 bridgehead atoms. The van der Waals surface area contributed by atoms with Gasteiger partial charge in [-0.15, -0.1) is 0 Å². The molecule has 0 unspecified atom stereocenters. The van der Waals surface area contributed by atoms with Gasteiger partial charge < -0.3 is 0 Å². The molecule has 0 aliphatic carbocycles. The summed E-state index contributed by atoms with van der Waals surface area (Å²) in [5.74, 6) is 1.58. The molecule has 0 fully saturated rings. The Bertz CT molecular complexity index is 651. The van der Waals surface area contributed by atoms with Gasteiger partial charge in [-0.3, -0.25) is 0 Å². The molecule has 0 radical (unpaired) electrons. The fraction of sp³-hybridized carbons (Fsp3) is 0.932. The van der Waals surface area contributed by atoms with Crippen LogP contribution >= 0.6 is 0 Å². The van der Waals surface area contributed by atoms with Crippen molar-refractivity contribution < 1.29 is 4.57 Å². The first-order valence-electron chi connectivity index (χ1n) is 21.9. The van der Waals surface area contributed by atoms with Crippen LogP contribution in [0, 0.1) is 0 Å². The number of hydrogen-bond acceptors (Lipinski definition) is 0. The van der Waals surface area contributed by atoms with Crippen molar-refractivity contribution in [1.29, 1.82) is 0 Å². The summed E-state index contributed by atoms with van der Waals surface area (Å²) in [7, 11) is 0. The predicted octanol–water partition coefficient (Wildman–Crippen LogP) is 15.0. The molecule has 0 saturated heterocycles. The van der Waals surface area contributed by atoms with Crippen LogP contribution in [0.3, 0.4) is 0 Å². The van der Waals surface area contributed by atoms with Gasteiger partial charge in [0.05, 0.1) is 13.1 Å². The molecule has 0 aliphatic heterocycles. The first-order valence-corrected chi connectivity index (χ1v) is 21.9. The van der Waals surface area contributed by atoms with Crippen LogP contribution < -0.4 is 4.57 Å². The van der Waals surface area contributed by atoms with Crippen molar-refractivity contribution >= 4 is 0 Å². The van der Waals surface area contributed by atoms with Gasteiger partial charge in [0.1, 0.15) is 12.4 Å². The summed E-state index contributed by atoms with van der Waals surface area (Å²) in [6, 6.07) is 0. The van der Waals surface area contributed by atoms with Crippen molar-refractivity contribution in [3.05, 3.63) is 18.2 Å². The second-order valence-electron chi connectivity index (χ2n) is 15.2. The van der Waals surface area contributed by atoms with E-state index in [4.69, 9.17) is 0 Å². The average molecular weight is 644 g/mol. The normalized spacial score (nSPS) is 11.6. The molecule has 1 rings (SSSR count). The molecule has 2 heteroatoms. The zero-order chi connectivity index (χ0) is 33.0. The molecular formula is C44H87N2+. The molecule has 0 spiro atoms. The van der Waals surface area contributed by atoms with E-state index in [1.54, 1.807) is 5.82 Å². The van der Waals surface area contributed by atoms with Crippen molar-refractivity contribution in [2.24, 2.45) is 0 Å². The zero-order valence-corrected chi connectivity index (χ0v) is 32.4. The van der Waals surface area contributed by atoms with E-state index in [9.17, 15) is 0 Å². The first kappa shape index (κ1) is 43.2. The molecule has 1 heterocycles. The Morgan fingerprint density at radius 3 is 1.00 bits per heavy atom. The highest BCUT2D eigenvalue weighted by molar-refractivity contribution is 4.84. The highest BCUT2D eigenvalue weighted by atomic mass is 15.1. The fourth-order valence-corrected chi connectivity index (χ4v) is 7.43. The van der Waals surface area contributed by atoms with E-state index < -0.39 is 0 Å². The maximum atomic E-state index is 2.59. The second kappa shape index (κ2) is 35.5. The smallest absolute Gasteiger partial charge is 0.234 e. The van der Waals surface area contributed by atoms with Gasteiger partial charge in [-0.05, 0) is 32.1 Å². The molecule has 0 aliphatic rings. The monoisotopic (exact) mass is 644 g/mol. The fourth-order valence-electron chi connectivity index (χ4n) is 7.43. The number of nitrogens with zero attached hydrogens (tertiary/aromatic N) is 2. The standard InChI is InChI=1S/C44H87N2/c1-4-7-9-11-13-15-17-19-21-23-25-27-29-31-33-35-37-40-45-42-43-46(44(45)39-6-3)41-38-36-34-32-30-28-26-24-22-20-18-16-14-12-10-8-5-2/h42-43H,4-41H2,1-3H3/q+1. The number of imidazole rings is 1. The van der Waals surface area contributed by atoms with E-state index in [0.29, 0.717) is 0 Å². The summed E-state index contributed by atoms with van der Waals surface area (Å²) in [6.07, 6.45) is 56.5. The van der Waals surface area contributed by atoms with E-state index in [0.717, 1.165) is 0 Å². The minimum atomic E-state index is 1.22. The van der Waals surface area contributed by atoms with E-state index in [1.165, 1.54) is 244 Å². The SMILES string of the molecule is CCCCCCCCCCCCCCCCCCCn1cc[n+](CCCCCCCCCCCCCCCCCCC)c1CCC. The summed E-state index contributed by atoms with van der Waals surface area (Å²) >= 11 is 0. The van der Waals surface area contributed by atoms with Crippen LogP contribution in [-0.2, 0) is 19.5 Å². The third-order valence-corrected chi connectivity index (χ3v) is 10.6. The minimum absolute atomic E-state index is 1.22. The molecule has 0 saturated carbocycles. The van der Waals surface area contributed by atoms with Gasteiger partial charge >= 0.3 is 0 Å². The Hall–Kier alpha value is -0.790. The van der Waals surface area contributed by atoms with E-state index in [2.05, 4.69) is 42.3 Å². The minimum Gasteiger partial charge on any atom is -0.234 e. The zero-order valence-electron chi connectivity index (χ0n) is 32.4. The van der Waals surface area contributed by atoms with Gasteiger partial charge in [0, 0.05) is 6.42 Å². The van der Waals surface area contributed by atoms with Crippen LogP contribution in [0.2, 0.25) is 0 Å². The van der Waals surface area contributed by atoms with Crippen LogP contribution in [0.15, 0.2) is 12.4 Å². The second-order valence-corrected chi connectivity index (χ2v) is 15.2. The number of hydrogen-bond donors (Lipinski definition) is 0. The molecule has 272 valence electrons. The van der Waals surface area contributed by atoms with E-state index in [-0.39, 0.29) is 0 Å². The van der Waals surface area contributed by atoms with Gasteiger partial charge in [0.2, 0.25) is 0 Å². The van der Waals surface area contributed by atoms with E-state index >= 15 is 0 Å². The van der Waals surface area contributed by atoms with E-state index in [1.807, 2.05) is 0 Å². The molecule has 1 aromatic heterocycles. The third-order valence-electron chi connectivity index (χ3n) is 10.6. The quantitative estimate of drug-likeness (QED) is 0.0501. The Kier molecular flexibility index (Phi) is 33.4.